The number of anilines is 1. The molecular weight excluding hydrogens is 510 g/mol. The summed E-state index contributed by atoms with van der Waals surface area (Å²) in [5.41, 5.74) is 2.21. The number of amides is 2. The molecule has 202 valence electrons. The quantitative estimate of drug-likeness (QED) is 0.185. The van der Waals surface area contributed by atoms with Gasteiger partial charge in [-0.25, -0.2) is 9.59 Å². The predicted octanol–water partition coefficient (Wildman–Crippen LogP) is 4.79. The van der Waals surface area contributed by atoms with Crippen LogP contribution in [0.4, 0.5) is 5.69 Å². The van der Waals surface area contributed by atoms with Crippen LogP contribution in [-0.2, 0) is 14.3 Å². The van der Waals surface area contributed by atoms with Crippen molar-refractivity contribution in [3.05, 3.63) is 95.1 Å². The van der Waals surface area contributed by atoms with Gasteiger partial charge in [-0.3, -0.25) is 19.3 Å². The highest BCUT2D eigenvalue weighted by Crippen LogP contribution is 2.56. The van der Waals surface area contributed by atoms with E-state index in [1.54, 1.807) is 24.3 Å². The van der Waals surface area contributed by atoms with Crippen LogP contribution in [0.1, 0.15) is 55.9 Å². The fourth-order valence-electron chi connectivity index (χ4n) is 6.30. The number of ether oxygens (including phenoxy) is 2. The van der Waals surface area contributed by atoms with Gasteiger partial charge in [0.25, 0.3) is 0 Å². The van der Waals surface area contributed by atoms with E-state index in [0.29, 0.717) is 11.3 Å². The Labute approximate surface area is 230 Å². The van der Waals surface area contributed by atoms with Crippen molar-refractivity contribution in [1.82, 2.24) is 0 Å². The van der Waals surface area contributed by atoms with Crippen LogP contribution in [0.25, 0.3) is 0 Å². The van der Waals surface area contributed by atoms with E-state index < -0.39 is 24.3 Å². The molecule has 8 heteroatoms. The molecule has 0 radical (unpaired) electrons. The Kier molecular flexibility index (Phi) is 6.54. The molecule has 2 bridgehead atoms. The average molecular weight is 538 g/mol. The molecule has 0 spiro atoms. The lowest BCUT2D eigenvalue weighted by Gasteiger charge is -2.19. The Hall–Kier alpha value is -4.59. The number of esters is 2. The zero-order chi connectivity index (χ0) is 28.0. The Morgan fingerprint density at radius 2 is 1.40 bits per heavy atom. The number of ketones is 1. The number of hydrogen-bond donors (Lipinski definition) is 0. The highest BCUT2D eigenvalue weighted by molar-refractivity contribution is 6.22. The molecule has 4 unspecified atom stereocenters. The highest BCUT2D eigenvalue weighted by atomic mass is 16.5. The SMILES string of the molecule is Cc1ccc(C(=O)Oc2ccc(C(=O)COC(=O)c3cccc(N4C(=O)C5C6CCC(C6)C5C4=O)c3)cc2)cc1. The second-order valence-corrected chi connectivity index (χ2v) is 10.7. The van der Waals surface area contributed by atoms with Crippen LogP contribution in [-0.4, -0.2) is 36.1 Å². The van der Waals surface area contributed by atoms with Gasteiger partial charge in [0.2, 0.25) is 11.8 Å². The number of carbonyl (C=O) groups is 5. The second kappa shape index (κ2) is 10.2. The monoisotopic (exact) mass is 537 g/mol. The molecule has 2 amide bonds. The Morgan fingerprint density at radius 3 is 2.05 bits per heavy atom. The third kappa shape index (κ3) is 4.59. The molecule has 0 aromatic heterocycles. The van der Waals surface area contributed by atoms with Gasteiger partial charge >= 0.3 is 11.9 Å². The average Bonchev–Trinajstić information content (AvgIpc) is 3.65. The molecule has 2 aliphatic carbocycles. The fraction of sp³-hybridized carbons (Fsp3) is 0.281. The van der Waals surface area contributed by atoms with Crippen molar-refractivity contribution in [2.45, 2.75) is 26.2 Å². The maximum atomic E-state index is 13.1. The Balaban J connectivity index is 1.06. The number of imide groups is 1. The smallest absolute Gasteiger partial charge is 0.343 e. The van der Waals surface area contributed by atoms with E-state index in [1.807, 2.05) is 19.1 Å². The van der Waals surface area contributed by atoms with Crippen LogP contribution >= 0.6 is 0 Å². The summed E-state index contributed by atoms with van der Waals surface area (Å²) >= 11 is 0. The van der Waals surface area contributed by atoms with Gasteiger partial charge in [-0.05, 0) is 92.6 Å². The van der Waals surface area contributed by atoms with Crippen LogP contribution in [0.3, 0.4) is 0 Å². The molecule has 8 nitrogen and oxygen atoms in total. The van der Waals surface area contributed by atoms with Gasteiger partial charge in [-0.2, -0.15) is 0 Å². The summed E-state index contributed by atoms with van der Waals surface area (Å²) in [5.74, 6) is -1.75. The lowest BCUT2D eigenvalue weighted by atomic mass is 9.81. The van der Waals surface area contributed by atoms with Crippen LogP contribution in [0, 0.1) is 30.6 Å². The van der Waals surface area contributed by atoms with Crippen molar-refractivity contribution < 1.29 is 33.4 Å². The van der Waals surface area contributed by atoms with E-state index in [-0.39, 0.29) is 52.4 Å². The Bertz CT molecular complexity index is 1500. The van der Waals surface area contributed by atoms with E-state index in [9.17, 15) is 24.0 Å². The number of carbonyl (C=O) groups excluding carboxylic acids is 5. The zero-order valence-electron chi connectivity index (χ0n) is 21.9. The number of benzene rings is 3. The maximum Gasteiger partial charge on any atom is 0.343 e. The van der Waals surface area contributed by atoms with Gasteiger partial charge < -0.3 is 9.47 Å². The van der Waals surface area contributed by atoms with E-state index in [0.717, 1.165) is 24.8 Å². The fourth-order valence-corrected chi connectivity index (χ4v) is 6.30. The minimum Gasteiger partial charge on any atom is -0.454 e. The van der Waals surface area contributed by atoms with Crippen molar-refractivity contribution in [2.75, 3.05) is 11.5 Å². The van der Waals surface area contributed by atoms with Gasteiger partial charge in [-0.15, -0.1) is 0 Å². The molecule has 0 N–H and O–H groups in total. The largest absolute Gasteiger partial charge is 0.454 e. The van der Waals surface area contributed by atoms with Crippen molar-refractivity contribution in [1.29, 1.82) is 0 Å². The first-order chi connectivity index (χ1) is 19.3. The van der Waals surface area contributed by atoms with E-state index in [4.69, 9.17) is 9.47 Å². The van der Waals surface area contributed by atoms with Crippen molar-refractivity contribution >= 4 is 35.2 Å². The summed E-state index contributed by atoms with van der Waals surface area (Å²) in [6.07, 6.45) is 2.92. The van der Waals surface area contributed by atoms with Crippen molar-refractivity contribution in [3.63, 3.8) is 0 Å². The molecular formula is C32H27NO7. The summed E-state index contributed by atoms with van der Waals surface area (Å²) in [4.78, 5) is 65.1. The third-order valence-electron chi connectivity index (χ3n) is 8.28. The summed E-state index contributed by atoms with van der Waals surface area (Å²) < 4.78 is 10.6. The molecule has 4 atom stereocenters. The van der Waals surface area contributed by atoms with Crippen LogP contribution in [0.5, 0.6) is 5.75 Å². The summed E-state index contributed by atoms with van der Waals surface area (Å²) in [6, 6.07) is 19.2. The topological polar surface area (TPSA) is 107 Å². The third-order valence-corrected chi connectivity index (χ3v) is 8.28. The first-order valence-corrected chi connectivity index (χ1v) is 13.4. The van der Waals surface area contributed by atoms with E-state index in [1.165, 1.54) is 41.3 Å². The number of Topliss-reactive ketones (excluding diaryl/α,β-unsaturated/α-hetero) is 1. The molecule has 1 saturated heterocycles. The number of aryl methyl sites for hydroxylation is 1. The lowest BCUT2D eigenvalue weighted by molar-refractivity contribution is -0.123. The molecule has 3 aliphatic rings. The molecule has 1 aliphatic heterocycles. The molecule has 2 saturated carbocycles. The minimum absolute atomic E-state index is 0.143. The molecule has 3 aromatic rings. The highest BCUT2D eigenvalue weighted by Gasteiger charge is 2.61. The molecule has 3 fully saturated rings. The van der Waals surface area contributed by atoms with Crippen LogP contribution in [0.15, 0.2) is 72.8 Å². The first-order valence-electron chi connectivity index (χ1n) is 13.4. The molecule has 40 heavy (non-hydrogen) atoms. The predicted molar refractivity (Wildman–Crippen MR) is 144 cm³/mol. The Morgan fingerprint density at radius 1 is 0.775 bits per heavy atom. The van der Waals surface area contributed by atoms with E-state index >= 15 is 0 Å². The van der Waals surface area contributed by atoms with Crippen molar-refractivity contribution in [3.8, 4) is 5.75 Å². The van der Waals surface area contributed by atoms with Gasteiger partial charge in [0, 0.05) is 5.56 Å². The lowest BCUT2D eigenvalue weighted by Crippen LogP contribution is -2.32. The van der Waals surface area contributed by atoms with Crippen LogP contribution < -0.4 is 9.64 Å². The molecule has 3 aromatic carbocycles. The normalized spacial score (nSPS) is 22.8. The maximum absolute atomic E-state index is 13.1. The molecule has 6 rings (SSSR count). The van der Waals surface area contributed by atoms with Gasteiger partial charge in [0.05, 0.1) is 28.7 Å². The zero-order valence-corrected chi connectivity index (χ0v) is 21.9. The second-order valence-electron chi connectivity index (χ2n) is 10.7. The van der Waals surface area contributed by atoms with Gasteiger partial charge in [-0.1, -0.05) is 23.8 Å². The first kappa shape index (κ1) is 25.7. The van der Waals surface area contributed by atoms with E-state index in [2.05, 4.69) is 0 Å². The van der Waals surface area contributed by atoms with Crippen LogP contribution in [0.2, 0.25) is 0 Å². The number of fused-ring (bicyclic) bond motifs is 5. The molecule has 1 heterocycles. The van der Waals surface area contributed by atoms with Crippen molar-refractivity contribution in [2.24, 2.45) is 23.7 Å². The van der Waals surface area contributed by atoms with Gasteiger partial charge in [0.1, 0.15) is 5.75 Å². The summed E-state index contributed by atoms with van der Waals surface area (Å²) in [5, 5.41) is 0. The minimum atomic E-state index is -0.738. The van der Waals surface area contributed by atoms with Gasteiger partial charge in [0.15, 0.2) is 12.4 Å². The number of nitrogens with zero attached hydrogens (tertiary/aromatic N) is 1. The summed E-state index contributed by atoms with van der Waals surface area (Å²) in [6.45, 7) is 1.42. The standard InChI is InChI=1S/C32H27NO7/c1-18-5-7-20(8-6-18)32(38)40-25-13-11-19(12-14-25)26(34)17-39-31(37)23-3-2-4-24(16-23)33-29(35)27-21-9-10-22(15-21)28(27)30(33)36/h2-8,11-14,16,21-22,27-28H,9-10,15,17H2,1H3. The number of rotatable bonds is 7. The summed E-state index contributed by atoms with van der Waals surface area (Å²) in [7, 11) is 0. The number of hydrogen-bond acceptors (Lipinski definition) is 7.